The second-order valence-corrected chi connectivity index (χ2v) is 5.66. The standard InChI is InChI=1S/C12H17BrIN/c1-3-7-15-12(4-2)10-8-9(13)5-6-11(10)14/h5-6,8,12,15H,3-4,7H2,1-2H3. The van der Waals surface area contributed by atoms with E-state index in [-0.39, 0.29) is 0 Å². The third-order valence-electron chi connectivity index (χ3n) is 2.38. The van der Waals surface area contributed by atoms with Crippen LogP contribution in [-0.2, 0) is 0 Å². The highest BCUT2D eigenvalue weighted by molar-refractivity contribution is 14.1. The summed E-state index contributed by atoms with van der Waals surface area (Å²) in [7, 11) is 0. The van der Waals surface area contributed by atoms with Crippen LogP contribution in [0.1, 0.15) is 38.3 Å². The van der Waals surface area contributed by atoms with Gasteiger partial charge < -0.3 is 5.32 Å². The zero-order valence-corrected chi connectivity index (χ0v) is 12.9. The minimum absolute atomic E-state index is 0.481. The van der Waals surface area contributed by atoms with Gasteiger partial charge in [-0.05, 0) is 65.7 Å². The number of hydrogen-bond donors (Lipinski definition) is 1. The first-order valence-corrected chi connectivity index (χ1v) is 7.24. The fourth-order valence-corrected chi connectivity index (χ4v) is 2.66. The van der Waals surface area contributed by atoms with Crippen molar-refractivity contribution in [1.29, 1.82) is 0 Å². The van der Waals surface area contributed by atoms with E-state index in [1.165, 1.54) is 15.6 Å². The Morgan fingerprint density at radius 2 is 2.13 bits per heavy atom. The van der Waals surface area contributed by atoms with Crippen LogP contribution < -0.4 is 5.32 Å². The Kier molecular flexibility index (Phi) is 6.16. The second-order valence-electron chi connectivity index (χ2n) is 3.58. The van der Waals surface area contributed by atoms with Crippen LogP contribution in [0.3, 0.4) is 0 Å². The van der Waals surface area contributed by atoms with Gasteiger partial charge in [-0.25, -0.2) is 0 Å². The number of rotatable bonds is 5. The average Bonchev–Trinajstić information content (AvgIpc) is 2.24. The van der Waals surface area contributed by atoms with E-state index >= 15 is 0 Å². The van der Waals surface area contributed by atoms with Crippen LogP contribution in [0, 0.1) is 3.57 Å². The van der Waals surface area contributed by atoms with E-state index in [4.69, 9.17) is 0 Å². The molecule has 0 amide bonds. The first-order chi connectivity index (χ1) is 7.19. The number of nitrogens with one attached hydrogen (secondary N) is 1. The van der Waals surface area contributed by atoms with Crippen molar-refractivity contribution in [3.63, 3.8) is 0 Å². The van der Waals surface area contributed by atoms with Crippen molar-refractivity contribution in [2.45, 2.75) is 32.7 Å². The van der Waals surface area contributed by atoms with Gasteiger partial charge in [-0.1, -0.05) is 29.8 Å². The van der Waals surface area contributed by atoms with Crippen molar-refractivity contribution in [2.24, 2.45) is 0 Å². The molecule has 0 aromatic heterocycles. The first-order valence-electron chi connectivity index (χ1n) is 5.37. The van der Waals surface area contributed by atoms with Crippen molar-refractivity contribution in [3.8, 4) is 0 Å². The van der Waals surface area contributed by atoms with Crippen LogP contribution in [0.4, 0.5) is 0 Å². The first kappa shape index (κ1) is 13.5. The fourth-order valence-electron chi connectivity index (χ4n) is 1.57. The topological polar surface area (TPSA) is 12.0 Å². The lowest BCUT2D eigenvalue weighted by Gasteiger charge is -2.18. The minimum atomic E-state index is 0.481. The summed E-state index contributed by atoms with van der Waals surface area (Å²) in [5.41, 5.74) is 1.40. The van der Waals surface area contributed by atoms with Crippen molar-refractivity contribution in [3.05, 3.63) is 31.8 Å². The smallest absolute Gasteiger partial charge is 0.0328 e. The van der Waals surface area contributed by atoms with E-state index < -0.39 is 0 Å². The molecule has 0 aliphatic heterocycles. The molecule has 0 aliphatic carbocycles. The summed E-state index contributed by atoms with van der Waals surface area (Å²) in [4.78, 5) is 0. The molecule has 0 saturated carbocycles. The maximum absolute atomic E-state index is 3.58. The molecular formula is C12H17BrIN. The monoisotopic (exact) mass is 381 g/mol. The molecule has 84 valence electrons. The van der Waals surface area contributed by atoms with Gasteiger partial charge in [0.1, 0.15) is 0 Å². The van der Waals surface area contributed by atoms with Gasteiger partial charge in [0, 0.05) is 14.1 Å². The molecule has 1 atom stereocenters. The summed E-state index contributed by atoms with van der Waals surface area (Å²) >= 11 is 5.94. The molecule has 1 aromatic carbocycles. The molecule has 15 heavy (non-hydrogen) atoms. The Bertz CT molecular complexity index is 314. The van der Waals surface area contributed by atoms with Gasteiger partial charge in [-0.3, -0.25) is 0 Å². The molecule has 0 fully saturated rings. The van der Waals surface area contributed by atoms with Crippen molar-refractivity contribution in [1.82, 2.24) is 5.32 Å². The molecule has 1 nitrogen and oxygen atoms in total. The van der Waals surface area contributed by atoms with Crippen molar-refractivity contribution < 1.29 is 0 Å². The van der Waals surface area contributed by atoms with Crippen LogP contribution >= 0.6 is 38.5 Å². The maximum atomic E-state index is 3.58. The Hall–Kier alpha value is 0.390. The van der Waals surface area contributed by atoms with Gasteiger partial charge in [0.05, 0.1) is 0 Å². The van der Waals surface area contributed by atoms with Gasteiger partial charge >= 0.3 is 0 Å². The molecular weight excluding hydrogens is 365 g/mol. The minimum Gasteiger partial charge on any atom is -0.310 e. The van der Waals surface area contributed by atoms with Gasteiger partial charge in [0.25, 0.3) is 0 Å². The highest BCUT2D eigenvalue weighted by Gasteiger charge is 2.11. The zero-order chi connectivity index (χ0) is 11.3. The predicted molar refractivity (Wildman–Crippen MR) is 78.2 cm³/mol. The van der Waals surface area contributed by atoms with Crippen molar-refractivity contribution in [2.75, 3.05) is 6.54 Å². The highest BCUT2D eigenvalue weighted by atomic mass is 127. The van der Waals surface area contributed by atoms with Crippen LogP contribution in [0.15, 0.2) is 22.7 Å². The largest absolute Gasteiger partial charge is 0.310 e. The van der Waals surface area contributed by atoms with Gasteiger partial charge in [-0.15, -0.1) is 0 Å². The molecule has 0 heterocycles. The SMILES string of the molecule is CCCNC(CC)c1cc(Br)ccc1I. The molecule has 1 unspecified atom stereocenters. The van der Waals surface area contributed by atoms with E-state index in [9.17, 15) is 0 Å². The molecule has 0 saturated heterocycles. The molecule has 0 spiro atoms. The predicted octanol–water partition coefficient (Wildman–Crippen LogP) is 4.50. The normalized spacial score (nSPS) is 12.8. The lowest BCUT2D eigenvalue weighted by Crippen LogP contribution is -2.22. The molecule has 1 aromatic rings. The fraction of sp³-hybridized carbons (Fsp3) is 0.500. The second kappa shape index (κ2) is 6.86. The van der Waals surface area contributed by atoms with Crippen LogP contribution in [-0.4, -0.2) is 6.54 Å². The number of halogens is 2. The third kappa shape index (κ3) is 4.04. The maximum Gasteiger partial charge on any atom is 0.0328 e. The molecule has 0 aliphatic rings. The Labute approximate surface area is 114 Å². The van der Waals surface area contributed by atoms with E-state index in [1.807, 2.05) is 0 Å². The number of benzene rings is 1. The molecule has 1 rings (SSSR count). The molecule has 0 bridgehead atoms. The van der Waals surface area contributed by atoms with Crippen molar-refractivity contribution >= 4 is 38.5 Å². The van der Waals surface area contributed by atoms with E-state index in [2.05, 4.69) is 75.9 Å². The Balaban J connectivity index is 2.85. The third-order valence-corrected chi connectivity index (χ3v) is 3.86. The highest BCUT2D eigenvalue weighted by Crippen LogP contribution is 2.25. The summed E-state index contributed by atoms with van der Waals surface area (Å²) in [6.07, 6.45) is 2.31. The Morgan fingerprint density at radius 1 is 1.40 bits per heavy atom. The van der Waals surface area contributed by atoms with Crippen LogP contribution in [0.5, 0.6) is 0 Å². The molecule has 0 radical (unpaired) electrons. The lowest BCUT2D eigenvalue weighted by atomic mass is 10.0. The van der Waals surface area contributed by atoms with E-state index in [1.54, 1.807) is 0 Å². The van der Waals surface area contributed by atoms with E-state index in [0.29, 0.717) is 6.04 Å². The van der Waals surface area contributed by atoms with Crippen LogP contribution in [0.2, 0.25) is 0 Å². The summed E-state index contributed by atoms with van der Waals surface area (Å²) in [5.74, 6) is 0. The molecule has 1 N–H and O–H groups in total. The van der Waals surface area contributed by atoms with Crippen LogP contribution in [0.25, 0.3) is 0 Å². The molecule has 3 heteroatoms. The van der Waals surface area contributed by atoms with Gasteiger partial charge in [0.2, 0.25) is 0 Å². The summed E-state index contributed by atoms with van der Waals surface area (Å²) in [6, 6.07) is 6.96. The van der Waals surface area contributed by atoms with E-state index in [0.717, 1.165) is 17.4 Å². The lowest BCUT2D eigenvalue weighted by molar-refractivity contribution is 0.516. The summed E-state index contributed by atoms with van der Waals surface area (Å²) in [6.45, 7) is 5.51. The average molecular weight is 382 g/mol. The Morgan fingerprint density at radius 3 is 2.73 bits per heavy atom. The quantitative estimate of drug-likeness (QED) is 0.740. The van der Waals surface area contributed by atoms with Gasteiger partial charge in [0.15, 0.2) is 0 Å². The zero-order valence-electron chi connectivity index (χ0n) is 9.19. The summed E-state index contributed by atoms with van der Waals surface area (Å²) in [5, 5.41) is 3.58. The van der Waals surface area contributed by atoms with Gasteiger partial charge in [-0.2, -0.15) is 0 Å². The summed E-state index contributed by atoms with van der Waals surface area (Å²) < 4.78 is 2.50. The number of hydrogen-bond acceptors (Lipinski definition) is 1.